The summed E-state index contributed by atoms with van der Waals surface area (Å²) in [6.45, 7) is 0.868. The molecule has 0 aromatic heterocycles. The maximum absolute atomic E-state index is 13.1. The molecule has 1 aromatic rings. The van der Waals surface area contributed by atoms with Gasteiger partial charge in [0.1, 0.15) is 5.82 Å². The lowest BCUT2D eigenvalue weighted by Gasteiger charge is -2.13. The molecular weight excluding hydrogens is 257 g/mol. The van der Waals surface area contributed by atoms with Crippen molar-refractivity contribution in [1.82, 2.24) is 9.62 Å². The van der Waals surface area contributed by atoms with E-state index < -0.39 is 15.8 Å². The average Bonchev–Trinajstić information content (AvgIpc) is 2.28. The molecule has 0 heterocycles. The smallest absolute Gasteiger partial charge is 0.241 e. The number of hydrogen-bond donors (Lipinski definition) is 2. The van der Waals surface area contributed by atoms with Gasteiger partial charge < -0.3 is 10.6 Å². The summed E-state index contributed by atoms with van der Waals surface area (Å²) in [6, 6.07) is 3.57. The SMILES string of the molecule is CN(C)CCNS(=O)(=O)c1cc(F)ccc1CN. The first-order valence-corrected chi connectivity index (χ1v) is 6.98. The van der Waals surface area contributed by atoms with Gasteiger partial charge in [-0.25, -0.2) is 17.5 Å². The molecule has 0 bridgehead atoms. The van der Waals surface area contributed by atoms with Gasteiger partial charge >= 0.3 is 0 Å². The zero-order valence-corrected chi connectivity index (χ0v) is 11.3. The van der Waals surface area contributed by atoms with Gasteiger partial charge in [-0.1, -0.05) is 6.07 Å². The van der Waals surface area contributed by atoms with E-state index in [1.54, 1.807) is 0 Å². The second-order valence-electron chi connectivity index (χ2n) is 4.16. The van der Waals surface area contributed by atoms with Crippen molar-refractivity contribution < 1.29 is 12.8 Å². The molecule has 0 aliphatic heterocycles. The van der Waals surface area contributed by atoms with E-state index in [1.165, 1.54) is 12.1 Å². The van der Waals surface area contributed by atoms with Gasteiger partial charge in [0, 0.05) is 19.6 Å². The molecule has 0 saturated carbocycles. The van der Waals surface area contributed by atoms with Crippen molar-refractivity contribution in [2.24, 2.45) is 5.73 Å². The minimum absolute atomic E-state index is 0.0458. The molecule has 0 radical (unpaired) electrons. The Hall–Kier alpha value is -1.02. The van der Waals surface area contributed by atoms with E-state index in [1.807, 2.05) is 19.0 Å². The van der Waals surface area contributed by atoms with Crippen molar-refractivity contribution in [2.45, 2.75) is 11.4 Å². The minimum Gasteiger partial charge on any atom is -0.326 e. The normalized spacial score (nSPS) is 12.1. The van der Waals surface area contributed by atoms with Crippen LogP contribution in [0.4, 0.5) is 4.39 Å². The van der Waals surface area contributed by atoms with E-state index in [0.717, 1.165) is 6.07 Å². The molecule has 0 amide bonds. The monoisotopic (exact) mass is 275 g/mol. The Kier molecular flexibility index (Phi) is 5.21. The van der Waals surface area contributed by atoms with Crippen molar-refractivity contribution in [2.75, 3.05) is 27.2 Å². The summed E-state index contributed by atoms with van der Waals surface area (Å²) in [5.74, 6) is -0.597. The quantitative estimate of drug-likeness (QED) is 0.773. The molecule has 1 aromatic carbocycles. The van der Waals surface area contributed by atoms with E-state index in [9.17, 15) is 12.8 Å². The standard InChI is InChI=1S/C11H18FN3O2S/c1-15(2)6-5-14-18(16,17)11-7-10(12)4-3-9(11)8-13/h3-4,7,14H,5-6,8,13H2,1-2H3. The number of nitrogens with one attached hydrogen (secondary N) is 1. The van der Waals surface area contributed by atoms with Crippen molar-refractivity contribution in [3.63, 3.8) is 0 Å². The highest BCUT2D eigenvalue weighted by Gasteiger charge is 2.18. The first-order valence-electron chi connectivity index (χ1n) is 5.49. The molecule has 7 heteroatoms. The Bertz CT molecular complexity index is 503. The van der Waals surface area contributed by atoms with Crippen LogP contribution >= 0.6 is 0 Å². The molecular formula is C11H18FN3O2S. The maximum Gasteiger partial charge on any atom is 0.241 e. The van der Waals surface area contributed by atoms with E-state index >= 15 is 0 Å². The average molecular weight is 275 g/mol. The molecule has 0 saturated heterocycles. The number of benzene rings is 1. The Labute approximate surface area is 107 Å². The number of likely N-dealkylation sites (N-methyl/N-ethyl adjacent to an activating group) is 1. The molecule has 0 aliphatic carbocycles. The highest BCUT2D eigenvalue weighted by atomic mass is 32.2. The molecule has 0 aliphatic rings. The predicted molar refractivity (Wildman–Crippen MR) is 68.0 cm³/mol. The second-order valence-corrected chi connectivity index (χ2v) is 5.89. The molecule has 3 N–H and O–H groups in total. The predicted octanol–water partition coefficient (Wildman–Crippen LogP) is 0.124. The Morgan fingerprint density at radius 1 is 1.39 bits per heavy atom. The summed E-state index contributed by atoms with van der Waals surface area (Å²) in [5, 5.41) is 0. The van der Waals surface area contributed by atoms with Gasteiger partial charge in [0.25, 0.3) is 0 Å². The third kappa shape index (κ3) is 4.02. The van der Waals surface area contributed by atoms with Gasteiger partial charge in [-0.05, 0) is 31.8 Å². The van der Waals surface area contributed by atoms with Crippen LogP contribution in [0.15, 0.2) is 23.1 Å². The largest absolute Gasteiger partial charge is 0.326 e. The van der Waals surface area contributed by atoms with Crippen LogP contribution in [0.5, 0.6) is 0 Å². The highest BCUT2D eigenvalue weighted by molar-refractivity contribution is 7.89. The van der Waals surface area contributed by atoms with Crippen molar-refractivity contribution in [3.05, 3.63) is 29.6 Å². The Morgan fingerprint density at radius 2 is 2.06 bits per heavy atom. The molecule has 0 fully saturated rings. The van der Waals surface area contributed by atoms with Crippen LogP contribution in [0.2, 0.25) is 0 Å². The molecule has 0 spiro atoms. The lowest BCUT2D eigenvalue weighted by atomic mass is 10.2. The van der Waals surface area contributed by atoms with Crippen LogP contribution in [0, 0.1) is 5.82 Å². The summed E-state index contributed by atoms with van der Waals surface area (Å²) in [5.41, 5.74) is 5.85. The molecule has 5 nitrogen and oxygen atoms in total. The lowest BCUT2D eigenvalue weighted by molar-refractivity contribution is 0.412. The first kappa shape index (κ1) is 15.0. The van der Waals surface area contributed by atoms with Gasteiger partial charge in [0.05, 0.1) is 4.90 Å². The summed E-state index contributed by atoms with van der Waals surface area (Å²) in [7, 11) is -0.0476. The van der Waals surface area contributed by atoms with Crippen molar-refractivity contribution >= 4 is 10.0 Å². The van der Waals surface area contributed by atoms with E-state index in [-0.39, 0.29) is 18.0 Å². The molecule has 102 valence electrons. The number of hydrogen-bond acceptors (Lipinski definition) is 4. The van der Waals surface area contributed by atoms with Crippen LogP contribution in [0.1, 0.15) is 5.56 Å². The van der Waals surface area contributed by atoms with Crippen LogP contribution in [-0.4, -0.2) is 40.5 Å². The Morgan fingerprint density at radius 3 is 2.61 bits per heavy atom. The first-order chi connectivity index (χ1) is 8.36. The zero-order chi connectivity index (χ0) is 13.8. The minimum atomic E-state index is -3.72. The van der Waals surface area contributed by atoms with Crippen LogP contribution < -0.4 is 10.5 Å². The fourth-order valence-corrected chi connectivity index (χ4v) is 2.71. The number of halogens is 1. The number of nitrogens with zero attached hydrogens (tertiary/aromatic N) is 1. The van der Waals surface area contributed by atoms with Crippen LogP contribution in [0.25, 0.3) is 0 Å². The van der Waals surface area contributed by atoms with Gasteiger partial charge in [0.15, 0.2) is 0 Å². The van der Waals surface area contributed by atoms with Crippen LogP contribution in [0.3, 0.4) is 0 Å². The third-order valence-electron chi connectivity index (χ3n) is 2.39. The van der Waals surface area contributed by atoms with Crippen molar-refractivity contribution in [3.8, 4) is 0 Å². The zero-order valence-electron chi connectivity index (χ0n) is 10.5. The number of nitrogens with two attached hydrogens (primary N) is 1. The van der Waals surface area contributed by atoms with Gasteiger partial charge in [0.2, 0.25) is 10.0 Å². The summed E-state index contributed by atoms with van der Waals surface area (Å²) in [6.07, 6.45) is 0. The fourth-order valence-electron chi connectivity index (χ4n) is 1.43. The summed E-state index contributed by atoms with van der Waals surface area (Å²) >= 11 is 0. The van der Waals surface area contributed by atoms with Gasteiger partial charge in [-0.3, -0.25) is 0 Å². The van der Waals surface area contributed by atoms with Crippen LogP contribution in [-0.2, 0) is 16.6 Å². The second kappa shape index (κ2) is 6.24. The van der Waals surface area contributed by atoms with Gasteiger partial charge in [-0.15, -0.1) is 0 Å². The topological polar surface area (TPSA) is 75.4 Å². The molecule has 0 unspecified atom stereocenters. The lowest BCUT2D eigenvalue weighted by Crippen LogP contribution is -2.32. The van der Waals surface area contributed by atoms with Gasteiger partial charge in [-0.2, -0.15) is 0 Å². The maximum atomic E-state index is 13.1. The molecule has 0 atom stereocenters. The fraction of sp³-hybridized carbons (Fsp3) is 0.455. The summed E-state index contributed by atoms with van der Waals surface area (Å²) in [4.78, 5) is 1.75. The van der Waals surface area contributed by atoms with E-state index in [4.69, 9.17) is 5.73 Å². The molecule has 1 rings (SSSR count). The number of rotatable bonds is 6. The third-order valence-corrected chi connectivity index (χ3v) is 3.93. The highest BCUT2D eigenvalue weighted by Crippen LogP contribution is 2.16. The number of sulfonamides is 1. The van der Waals surface area contributed by atoms with Crippen molar-refractivity contribution in [1.29, 1.82) is 0 Å². The van der Waals surface area contributed by atoms with E-state index in [2.05, 4.69) is 4.72 Å². The Balaban J connectivity index is 2.93. The van der Waals surface area contributed by atoms with E-state index in [0.29, 0.717) is 12.1 Å². The molecule has 18 heavy (non-hydrogen) atoms. The summed E-state index contributed by atoms with van der Waals surface area (Å²) < 4.78 is 39.5.